The van der Waals surface area contributed by atoms with Crippen LogP contribution in [-0.2, 0) is 9.59 Å². The summed E-state index contributed by atoms with van der Waals surface area (Å²) >= 11 is 0. The SMILES string of the molecule is CN1C(=O)C2C(=NC=[N+]2CC=O)N(C)C1=O. The van der Waals surface area contributed by atoms with E-state index in [4.69, 9.17) is 0 Å². The van der Waals surface area contributed by atoms with Gasteiger partial charge in [0.2, 0.25) is 0 Å². The minimum absolute atomic E-state index is 0.0826. The van der Waals surface area contributed by atoms with Crippen LogP contribution >= 0.6 is 0 Å². The Labute approximate surface area is 91.7 Å². The van der Waals surface area contributed by atoms with Gasteiger partial charge in [-0.3, -0.25) is 19.4 Å². The molecule has 0 N–H and O–H groups in total. The van der Waals surface area contributed by atoms with E-state index in [1.165, 1.54) is 22.9 Å². The van der Waals surface area contributed by atoms with Crippen molar-refractivity contribution in [1.29, 1.82) is 0 Å². The van der Waals surface area contributed by atoms with Gasteiger partial charge in [0.25, 0.3) is 24.1 Å². The lowest BCUT2D eigenvalue weighted by Crippen LogP contribution is -2.61. The summed E-state index contributed by atoms with van der Waals surface area (Å²) in [5.74, 6) is 0.00685. The van der Waals surface area contributed by atoms with Crippen molar-refractivity contribution in [1.82, 2.24) is 9.80 Å². The maximum atomic E-state index is 11.9. The Hall–Kier alpha value is -2.05. The van der Waals surface area contributed by atoms with E-state index in [2.05, 4.69) is 4.99 Å². The summed E-state index contributed by atoms with van der Waals surface area (Å²) in [6, 6.07) is -1.07. The summed E-state index contributed by atoms with van der Waals surface area (Å²) in [7, 11) is 2.96. The lowest BCUT2D eigenvalue weighted by molar-refractivity contribution is -0.518. The summed E-state index contributed by atoms with van der Waals surface area (Å²) in [6.45, 7) is 0.0826. The van der Waals surface area contributed by atoms with Crippen molar-refractivity contribution in [2.75, 3.05) is 20.6 Å². The molecule has 2 rings (SSSR count). The third kappa shape index (κ3) is 1.24. The first kappa shape index (κ1) is 10.5. The molecule has 84 valence electrons. The third-order valence-corrected chi connectivity index (χ3v) is 2.68. The second-order valence-corrected chi connectivity index (χ2v) is 3.61. The number of carbonyl (C=O) groups excluding carboxylic acids is 3. The van der Waals surface area contributed by atoms with Gasteiger partial charge in [0, 0.05) is 14.1 Å². The van der Waals surface area contributed by atoms with Crippen LogP contribution < -0.4 is 0 Å². The third-order valence-electron chi connectivity index (χ3n) is 2.68. The molecule has 0 bridgehead atoms. The Kier molecular flexibility index (Phi) is 2.30. The van der Waals surface area contributed by atoms with E-state index in [0.717, 1.165) is 4.90 Å². The summed E-state index contributed by atoms with van der Waals surface area (Å²) in [4.78, 5) is 40.2. The van der Waals surface area contributed by atoms with Gasteiger partial charge in [0.15, 0.2) is 6.29 Å². The number of nitrogens with zero attached hydrogens (tertiary/aromatic N) is 4. The van der Waals surface area contributed by atoms with Gasteiger partial charge >= 0.3 is 6.03 Å². The highest BCUT2D eigenvalue weighted by Gasteiger charge is 2.50. The molecule has 0 saturated carbocycles. The molecule has 0 aromatic heterocycles. The molecule has 2 heterocycles. The maximum Gasteiger partial charge on any atom is 0.333 e. The maximum absolute atomic E-state index is 11.9. The summed E-state index contributed by atoms with van der Waals surface area (Å²) in [6.07, 6.45) is 2.11. The number of amides is 3. The first-order valence-electron chi connectivity index (χ1n) is 4.73. The topological polar surface area (TPSA) is 73.1 Å². The molecule has 2 aliphatic rings. The zero-order valence-electron chi connectivity index (χ0n) is 8.95. The van der Waals surface area contributed by atoms with Crippen molar-refractivity contribution < 1.29 is 19.0 Å². The second kappa shape index (κ2) is 3.51. The zero-order valence-corrected chi connectivity index (χ0v) is 8.95. The monoisotopic (exact) mass is 223 g/mol. The Balaban J connectivity index is 2.36. The molecule has 1 fully saturated rings. The van der Waals surface area contributed by atoms with Crippen LogP contribution in [0.15, 0.2) is 4.99 Å². The molecule has 1 saturated heterocycles. The molecule has 0 radical (unpaired) electrons. The number of carbonyl (C=O) groups is 3. The average molecular weight is 223 g/mol. The van der Waals surface area contributed by atoms with Crippen molar-refractivity contribution in [3.05, 3.63) is 0 Å². The first-order valence-corrected chi connectivity index (χ1v) is 4.73. The number of hydrogen-bond acceptors (Lipinski definition) is 4. The molecule has 16 heavy (non-hydrogen) atoms. The van der Waals surface area contributed by atoms with E-state index >= 15 is 0 Å². The fraction of sp³-hybridized carbons (Fsp3) is 0.444. The van der Waals surface area contributed by atoms with Crippen molar-refractivity contribution >= 4 is 30.4 Å². The van der Waals surface area contributed by atoms with Crippen molar-refractivity contribution in [3.8, 4) is 0 Å². The highest BCUT2D eigenvalue weighted by molar-refractivity contribution is 6.21. The number of amidine groups is 1. The lowest BCUT2D eigenvalue weighted by atomic mass is 10.1. The van der Waals surface area contributed by atoms with Crippen LogP contribution in [-0.4, -0.2) is 71.5 Å². The van der Waals surface area contributed by atoms with Crippen molar-refractivity contribution in [2.24, 2.45) is 4.99 Å². The van der Waals surface area contributed by atoms with Crippen LogP contribution in [0.5, 0.6) is 0 Å². The van der Waals surface area contributed by atoms with E-state index in [0.29, 0.717) is 12.1 Å². The molecule has 0 aromatic rings. The Morgan fingerprint density at radius 2 is 2.12 bits per heavy atom. The summed E-state index contributed by atoms with van der Waals surface area (Å²) in [5, 5.41) is 0. The average Bonchev–Trinajstić information content (AvgIpc) is 2.68. The van der Waals surface area contributed by atoms with Gasteiger partial charge in [-0.15, -0.1) is 0 Å². The van der Waals surface area contributed by atoms with Crippen LogP contribution in [0.4, 0.5) is 4.79 Å². The number of aldehydes is 1. The fourth-order valence-corrected chi connectivity index (χ4v) is 1.78. The summed E-state index contributed by atoms with van der Waals surface area (Å²) < 4.78 is 1.50. The number of hydrogen-bond donors (Lipinski definition) is 0. The van der Waals surface area contributed by atoms with E-state index < -0.39 is 12.1 Å². The number of urea groups is 1. The molecule has 0 aromatic carbocycles. The second-order valence-electron chi connectivity index (χ2n) is 3.61. The van der Waals surface area contributed by atoms with Crippen molar-refractivity contribution in [3.63, 3.8) is 0 Å². The summed E-state index contributed by atoms with van der Waals surface area (Å²) in [5.41, 5.74) is 0. The van der Waals surface area contributed by atoms with Crippen LogP contribution in [0.2, 0.25) is 0 Å². The van der Waals surface area contributed by atoms with E-state index in [1.807, 2.05) is 0 Å². The van der Waals surface area contributed by atoms with Crippen LogP contribution in [0.25, 0.3) is 0 Å². The Morgan fingerprint density at radius 1 is 1.44 bits per heavy atom. The molecule has 0 aliphatic carbocycles. The van der Waals surface area contributed by atoms with Gasteiger partial charge in [-0.2, -0.15) is 0 Å². The number of rotatable bonds is 2. The molecule has 7 nitrogen and oxygen atoms in total. The molecule has 2 aliphatic heterocycles. The molecule has 0 spiro atoms. The smallest absolute Gasteiger partial charge is 0.299 e. The number of fused-ring (bicyclic) bond motifs is 1. The van der Waals surface area contributed by atoms with Gasteiger partial charge in [-0.1, -0.05) is 0 Å². The van der Waals surface area contributed by atoms with Gasteiger partial charge in [-0.05, 0) is 4.99 Å². The molecular weight excluding hydrogens is 212 g/mol. The van der Waals surface area contributed by atoms with Crippen LogP contribution in [0, 0.1) is 0 Å². The quantitative estimate of drug-likeness (QED) is 0.424. The molecule has 1 atom stereocenters. The highest BCUT2D eigenvalue weighted by atomic mass is 16.2. The highest BCUT2D eigenvalue weighted by Crippen LogP contribution is 2.15. The minimum Gasteiger partial charge on any atom is -0.299 e. The molecule has 7 heteroatoms. The molecule has 1 unspecified atom stereocenters. The van der Waals surface area contributed by atoms with Gasteiger partial charge in [0.05, 0.1) is 0 Å². The molecular formula is C9H11N4O3+. The van der Waals surface area contributed by atoms with Crippen molar-refractivity contribution in [2.45, 2.75) is 6.04 Å². The van der Waals surface area contributed by atoms with Crippen LogP contribution in [0.3, 0.4) is 0 Å². The predicted molar refractivity (Wildman–Crippen MR) is 54.4 cm³/mol. The van der Waals surface area contributed by atoms with Gasteiger partial charge in [0.1, 0.15) is 6.54 Å². The lowest BCUT2D eigenvalue weighted by Gasteiger charge is -2.30. The normalized spacial score (nSPS) is 24.2. The number of imide groups is 1. The van der Waals surface area contributed by atoms with Gasteiger partial charge < -0.3 is 0 Å². The van der Waals surface area contributed by atoms with E-state index in [-0.39, 0.29) is 12.5 Å². The van der Waals surface area contributed by atoms with Crippen LogP contribution in [0.1, 0.15) is 0 Å². The Bertz CT molecular complexity index is 440. The van der Waals surface area contributed by atoms with Gasteiger partial charge in [-0.25, -0.2) is 9.37 Å². The molecule has 3 amide bonds. The predicted octanol–water partition coefficient (Wildman–Crippen LogP) is -1.47. The fourth-order valence-electron chi connectivity index (χ4n) is 1.78. The van der Waals surface area contributed by atoms with E-state index in [9.17, 15) is 14.4 Å². The largest absolute Gasteiger partial charge is 0.333 e. The zero-order chi connectivity index (χ0) is 11.9. The number of likely N-dealkylation sites (N-methyl/N-ethyl adjacent to an activating group) is 2. The first-order chi connectivity index (χ1) is 7.57. The Morgan fingerprint density at radius 3 is 2.75 bits per heavy atom. The standard InChI is InChI=1S/C9H11N4O3/c1-11-7-6(8(15)12(2)9(11)16)13(3-4-14)5-10-7/h4-6H,3H2,1-2H3/q+1. The number of aliphatic imine (C=N–C) groups is 1. The van der Waals surface area contributed by atoms with E-state index in [1.54, 1.807) is 7.05 Å². The minimum atomic E-state index is -0.655.